The van der Waals surface area contributed by atoms with Gasteiger partial charge in [-0.2, -0.15) is 13.2 Å². The lowest BCUT2D eigenvalue weighted by molar-refractivity contribution is -0.144. The zero-order chi connectivity index (χ0) is 42.6. The van der Waals surface area contributed by atoms with Crippen LogP contribution in [0.2, 0.25) is 0 Å². The third-order valence-corrected chi connectivity index (χ3v) is 11.9. The average Bonchev–Trinajstić information content (AvgIpc) is 3.42. The van der Waals surface area contributed by atoms with Crippen LogP contribution in [0.25, 0.3) is 11.1 Å². The SMILES string of the molecule is CCOC(=O)C[C@@H]1NC(=O)[C@@H](n2cc(CCN3CC(F)C3)c(C(F)(F)F)cc2=O)c2cc(ccc2F)Oc2cc(N3C4CCC3COC4)cc(C)c2-c2cc(C)c(F)c1c2. The zero-order valence-electron chi connectivity index (χ0n) is 33.2. The second-order valence-corrected chi connectivity index (χ2v) is 16.0. The smallest absolute Gasteiger partial charge is 0.416 e. The molecule has 10 nitrogen and oxygen atoms in total. The molecule has 60 heavy (non-hydrogen) atoms. The Kier molecular flexibility index (Phi) is 11.2. The number of hydrogen-bond donors (Lipinski definition) is 1. The third kappa shape index (κ3) is 7.98. The topological polar surface area (TPSA) is 102 Å². The Morgan fingerprint density at radius 3 is 2.37 bits per heavy atom. The van der Waals surface area contributed by atoms with E-state index in [1.807, 2.05) is 19.1 Å². The largest absolute Gasteiger partial charge is 0.466 e. The highest BCUT2D eigenvalue weighted by Gasteiger charge is 2.40. The van der Waals surface area contributed by atoms with Crippen molar-refractivity contribution >= 4 is 17.6 Å². The fraction of sp³-hybridized carbons (Fsp3) is 0.432. The van der Waals surface area contributed by atoms with Crippen LogP contribution in [0.3, 0.4) is 0 Å². The van der Waals surface area contributed by atoms with E-state index in [4.69, 9.17) is 14.2 Å². The summed E-state index contributed by atoms with van der Waals surface area (Å²) in [6.45, 7) is 6.09. The second kappa shape index (κ2) is 16.3. The molecule has 1 N–H and O–H groups in total. The number of ether oxygens (including phenoxy) is 3. The van der Waals surface area contributed by atoms with Crippen LogP contribution in [0.5, 0.6) is 11.5 Å². The lowest BCUT2D eigenvalue weighted by atomic mass is 9.91. The van der Waals surface area contributed by atoms with E-state index in [1.165, 1.54) is 25.1 Å². The first kappa shape index (κ1) is 41.4. The number of likely N-dealkylation sites (tertiary alicyclic amines) is 1. The molecule has 4 atom stereocenters. The van der Waals surface area contributed by atoms with Crippen LogP contribution in [0.15, 0.2) is 59.5 Å². The van der Waals surface area contributed by atoms with Crippen LogP contribution in [-0.4, -0.2) is 79.1 Å². The minimum absolute atomic E-state index is 0.0135. The van der Waals surface area contributed by atoms with Gasteiger partial charge in [0, 0.05) is 60.3 Å². The monoisotopic (exact) mass is 838 g/mol. The number of esters is 1. The van der Waals surface area contributed by atoms with E-state index >= 15 is 8.78 Å². The molecule has 3 fully saturated rings. The molecule has 318 valence electrons. The van der Waals surface area contributed by atoms with Crippen molar-refractivity contribution in [2.75, 3.05) is 44.4 Å². The molecule has 3 aromatic carbocycles. The zero-order valence-corrected chi connectivity index (χ0v) is 33.2. The van der Waals surface area contributed by atoms with Crippen LogP contribution in [0.1, 0.15) is 71.7 Å². The fourth-order valence-corrected chi connectivity index (χ4v) is 9.02. The van der Waals surface area contributed by atoms with Crippen molar-refractivity contribution in [3.63, 3.8) is 0 Å². The lowest BCUT2D eigenvalue weighted by Gasteiger charge is -2.37. The number of halogens is 6. The number of pyridine rings is 1. The van der Waals surface area contributed by atoms with E-state index < -0.39 is 71.0 Å². The summed E-state index contributed by atoms with van der Waals surface area (Å²) in [5.41, 5.74) is -0.718. The van der Waals surface area contributed by atoms with Gasteiger partial charge in [0.15, 0.2) is 0 Å². The van der Waals surface area contributed by atoms with Gasteiger partial charge in [0.05, 0.1) is 49.9 Å². The average molecular weight is 839 g/mol. The van der Waals surface area contributed by atoms with Crippen molar-refractivity contribution in [3.05, 3.63) is 110 Å². The van der Waals surface area contributed by atoms with Crippen molar-refractivity contribution in [3.8, 4) is 22.6 Å². The van der Waals surface area contributed by atoms with Gasteiger partial charge in [-0.3, -0.25) is 23.9 Å². The molecule has 4 aliphatic heterocycles. The number of nitrogens with one attached hydrogen (secondary N) is 1. The Labute approximate surface area is 342 Å². The summed E-state index contributed by atoms with van der Waals surface area (Å²) in [6.07, 6.45) is -4.25. The summed E-state index contributed by atoms with van der Waals surface area (Å²) in [7, 11) is 0. The summed E-state index contributed by atoms with van der Waals surface area (Å²) < 4.78 is 108. The number of carbonyl (C=O) groups excluding carboxylic acids is 2. The highest BCUT2D eigenvalue weighted by atomic mass is 19.4. The molecular weight excluding hydrogens is 794 g/mol. The number of benzene rings is 3. The van der Waals surface area contributed by atoms with Gasteiger partial charge in [-0.15, -0.1) is 0 Å². The highest BCUT2D eigenvalue weighted by molar-refractivity contribution is 5.86. The Morgan fingerprint density at radius 2 is 1.68 bits per heavy atom. The van der Waals surface area contributed by atoms with E-state index in [9.17, 15) is 31.9 Å². The number of fused-ring (bicyclic) bond motifs is 8. The van der Waals surface area contributed by atoms with Crippen molar-refractivity contribution < 1.29 is 50.1 Å². The molecule has 3 saturated heterocycles. The molecular formula is C44H44F6N4O6. The molecule has 5 heterocycles. The maximum absolute atomic E-state index is 16.5. The fourth-order valence-electron chi connectivity index (χ4n) is 9.02. The Balaban J connectivity index is 1.33. The number of anilines is 1. The van der Waals surface area contributed by atoms with Crippen molar-refractivity contribution in [2.24, 2.45) is 0 Å². The first-order valence-corrected chi connectivity index (χ1v) is 20.0. The Bertz CT molecular complexity index is 2380. The van der Waals surface area contributed by atoms with Gasteiger partial charge >= 0.3 is 12.1 Å². The molecule has 4 aliphatic rings. The minimum Gasteiger partial charge on any atom is -0.466 e. The first-order valence-electron chi connectivity index (χ1n) is 20.0. The molecule has 6 bridgehead atoms. The molecule has 0 saturated carbocycles. The van der Waals surface area contributed by atoms with Gasteiger partial charge in [0.25, 0.3) is 5.56 Å². The number of carbonyl (C=O) groups is 2. The quantitative estimate of drug-likeness (QED) is 0.144. The predicted molar refractivity (Wildman–Crippen MR) is 209 cm³/mol. The van der Waals surface area contributed by atoms with Gasteiger partial charge in [0.2, 0.25) is 5.91 Å². The van der Waals surface area contributed by atoms with Crippen LogP contribution in [0.4, 0.5) is 32.0 Å². The number of aryl methyl sites for hydroxylation is 2. The number of aromatic nitrogens is 1. The standard InChI is InChI=1S/C44H44F6N4O6/c1-4-59-39(56)17-36-33-13-26(11-24(3)41(33)47)40-23(2)12-30(54-28-5-6-29(54)22-58-21-28)14-37(40)60-31-7-8-35(46)32(15-31)42(43(57)51-36)53-18-25(9-10-52-19-27(45)20-52)34(16-38(53)55)44(48,49)50/h7-8,11-16,18,27-29,36,42H,4-6,9-10,17,19-22H2,1-3H3,(H,51,57)/t28?,29?,36-,42-/m0/s1. The first-order chi connectivity index (χ1) is 28.6. The number of morpholine rings is 1. The molecule has 0 spiro atoms. The number of alkyl halides is 4. The van der Waals surface area contributed by atoms with Gasteiger partial charge in [0.1, 0.15) is 35.3 Å². The number of hydrogen-bond acceptors (Lipinski definition) is 8. The van der Waals surface area contributed by atoms with Crippen LogP contribution in [0, 0.1) is 25.5 Å². The summed E-state index contributed by atoms with van der Waals surface area (Å²) >= 11 is 0. The molecule has 1 amide bonds. The van der Waals surface area contributed by atoms with Gasteiger partial charge in [-0.25, -0.2) is 13.2 Å². The molecule has 1 aromatic heterocycles. The number of nitrogens with zero attached hydrogens (tertiary/aromatic N) is 3. The summed E-state index contributed by atoms with van der Waals surface area (Å²) in [5, 5.41) is 2.64. The van der Waals surface area contributed by atoms with Gasteiger partial charge in [-0.1, -0.05) is 0 Å². The molecule has 4 aromatic rings. The number of amides is 1. The maximum atomic E-state index is 16.5. The van der Waals surface area contributed by atoms with E-state index in [1.54, 1.807) is 17.9 Å². The van der Waals surface area contributed by atoms with Gasteiger partial charge < -0.3 is 24.4 Å². The third-order valence-electron chi connectivity index (χ3n) is 11.9. The maximum Gasteiger partial charge on any atom is 0.416 e. The molecule has 8 rings (SSSR count). The van der Waals surface area contributed by atoms with E-state index in [0.29, 0.717) is 40.7 Å². The minimum atomic E-state index is -4.98. The van der Waals surface area contributed by atoms with Gasteiger partial charge in [-0.05, 0) is 98.7 Å². The highest BCUT2D eigenvalue weighted by Crippen LogP contribution is 2.45. The molecule has 2 unspecified atom stereocenters. The summed E-state index contributed by atoms with van der Waals surface area (Å²) in [5.74, 6) is -3.36. The molecule has 0 aliphatic carbocycles. The van der Waals surface area contributed by atoms with Crippen LogP contribution < -0.4 is 20.5 Å². The number of rotatable bonds is 8. The van der Waals surface area contributed by atoms with E-state index in [0.717, 1.165) is 36.4 Å². The summed E-state index contributed by atoms with van der Waals surface area (Å²) in [6, 6.07) is 7.64. The van der Waals surface area contributed by atoms with Crippen LogP contribution >= 0.6 is 0 Å². The lowest BCUT2D eigenvalue weighted by Crippen LogP contribution is -2.49. The second-order valence-electron chi connectivity index (χ2n) is 16.0. The van der Waals surface area contributed by atoms with Crippen LogP contribution in [-0.2, 0) is 31.7 Å². The van der Waals surface area contributed by atoms with E-state index in [-0.39, 0.29) is 67.2 Å². The Hall–Kier alpha value is -5.35. The summed E-state index contributed by atoms with van der Waals surface area (Å²) in [4.78, 5) is 45.6. The predicted octanol–water partition coefficient (Wildman–Crippen LogP) is 7.50. The molecule has 16 heteroatoms. The Morgan fingerprint density at radius 1 is 0.950 bits per heavy atom. The van der Waals surface area contributed by atoms with E-state index in [2.05, 4.69) is 10.2 Å². The van der Waals surface area contributed by atoms with Crippen molar-refractivity contribution in [1.82, 2.24) is 14.8 Å². The van der Waals surface area contributed by atoms with Crippen molar-refractivity contribution in [2.45, 2.75) is 83.0 Å². The van der Waals surface area contributed by atoms with Crippen molar-refractivity contribution in [1.29, 1.82) is 0 Å². The normalized spacial score (nSPS) is 21.8. The molecule has 0 radical (unpaired) electrons.